The Labute approximate surface area is 126 Å². The zero-order chi connectivity index (χ0) is 13.7. The molecule has 1 aromatic carbocycles. The van der Waals surface area contributed by atoms with E-state index in [0.29, 0.717) is 18.0 Å². The first-order valence-electron chi connectivity index (χ1n) is 6.61. The monoisotopic (exact) mass is 376 g/mol. The Morgan fingerprint density at radius 2 is 2.16 bits per heavy atom. The van der Waals surface area contributed by atoms with Gasteiger partial charge in [0.2, 0.25) is 5.91 Å². The molecule has 0 atom stereocenters. The van der Waals surface area contributed by atoms with E-state index in [9.17, 15) is 9.18 Å². The van der Waals surface area contributed by atoms with Gasteiger partial charge in [-0.1, -0.05) is 0 Å². The quantitative estimate of drug-likeness (QED) is 0.793. The molecule has 0 radical (unpaired) electrons. The van der Waals surface area contributed by atoms with E-state index in [1.807, 2.05) is 22.6 Å². The van der Waals surface area contributed by atoms with Gasteiger partial charge in [0.1, 0.15) is 5.82 Å². The Balaban J connectivity index is 1.80. The van der Waals surface area contributed by atoms with E-state index < -0.39 is 0 Å². The number of carbonyl (C=O) groups excluding carboxylic acids is 1. The van der Waals surface area contributed by atoms with Crippen molar-refractivity contribution in [1.29, 1.82) is 0 Å². The molecule has 104 valence electrons. The van der Waals surface area contributed by atoms with Crippen LogP contribution in [-0.2, 0) is 4.79 Å². The number of carbonyl (C=O) groups is 1. The SMILES string of the molecule is O=C(CCC1CCNCC1)Nc1ccc(F)cc1I. The second kappa shape index (κ2) is 7.19. The van der Waals surface area contributed by atoms with E-state index in [-0.39, 0.29) is 11.7 Å². The van der Waals surface area contributed by atoms with Crippen molar-refractivity contribution in [2.24, 2.45) is 5.92 Å². The highest BCUT2D eigenvalue weighted by molar-refractivity contribution is 14.1. The number of amides is 1. The minimum absolute atomic E-state index is 0.0167. The summed E-state index contributed by atoms with van der Waals surface area (Å²) >= 11 is 2.03. The summed E-state index contributed by atoms with van der Waals surface area (Å²) < 4.78 is 13.7. The molecule has 0 aromatic heterocycles. The van der Waals surface area contributed by atoms with Crippen LogP contribution in [-0.4, -0.2) is 19.0 Å². The molecule has 1 fully saturated rings. The van der Waals surface area contributed by atoms with Crippen LogP contribution >= 0.6 is 22.6 Å². The van der Waals surface area contributed by atoms with Crippen LogP contribution < -0.4 is 10.6 Å². The Morgan fingerprint density at radius 3 is 2.84 bits per heavy atom. The second-order valence-corrected chi connectivity index (χ2v) is 6.07. The van der Waals surface area contributed by atoms with Crippen LogP contribution in [0.25, 0.3) is 0 Å². The largest absolute Gasteiger partial charge is 0.325 e. The minimum Gasteiger partial charge on any atom is -0.325 e. The summed E-state index contributed by atoms with van der Waals surface area (Å²) in [4.78, 5) is 11.9. The molecule has 1 amide bonds. The molecule has 1 aromatic rings. The van der Waals surface area contributed by atoms with Gasteiger partial charge in [-0.15, -0.1) is 0 Å². The topological polar surface area (TPSA) is 41.1 Å². The lowest BCUT2D eigenvalue weighted by atomic mass is 9.93. The number of halogens is 2. The zero-order valence-corrected chi connectivity index (χ0v) is 12.9. The van der Waals surface area contributed by atoms with Gasteiger partial charge in [0.05, 0.1) is 5.69 Å². The van der Waals surface area contributed by atoms with Gasteiger partial charge < -0.3 is 10.6 Å². The van der Waals surface area contributed by atoms with Gasteiger partial charge in [-0.05, 0) is 79.1 Å². The molecule has 0 spiro atoms. The average Bonchev–Trinajstić information content (AvgIpc) is 2.41. The van der Waals surface area contributed by atoms with E-state index in [2.05, 4.69) is 10.6 Å². The maximum Gasteiger partial charge on any atom is 0.224 e. The van der Waals surface area contributed by atoms with Gasteiger partial charge in [-0.2, -0.15) is 0 Å². The highest BCUT2D eigenvalue weighted by atomic mass is 127. The predicted octanol–water partition coefficient (Wildman–Crippen LogP) is 3.15. The van der Waals surface area contributed by atoms with Gasteiger partial charge >= 0.3 is 0 Å². The molecule has 0 bridgehead atoms. The summed E-state index contributed by atoms with van der Waals surface area (Å²) in [5.41, 5.74) is 0.692. The van der Waals surface area contributed by atoms with Crippen molar-refractivity contribution in [1.82, 2.24) is 5.32 Å². The second-order valence-electron chi connectivity index (χ2n) is 4.90. The van der Waals surface area contributed by atoms with E-state index in [4.69, 9.17) is 0 Å². The maximum atomic E-state index is 13.0. The molecule has 2 rings (SSSR count). The van der Waals surface area contributed by atoms with Crippen LogP contribution in [0.1, 0.15) is 25.7 Å². The molecule has 2 N–H and O–H groups in total. The predicted molar refractivity (Wildman–Crippen MR) is 82.6 cm³/mol. The van der Waals surface area contributed by atoms with Gasteiger partial charge in [0.25, 0.3) is 0 Å². The summed E-state index contributed by atoms with van der Waals surface area (Å²) in [5, 5.41) is 6.17. The fraction of sp³-hybridized carbons (Fsp3) is 0.500. The standard InChI is InChI=1S/C14H18FIN2O/c15-11-2-3-13(12(16)9-11)18-14(19)4-1-10-5-7-17-8-6-10/h2-3,9-10,17H,1,4-8H2,(H,18,19). The molecular weight excluding hydrogens is 358 g/mol. The molecule has 19 heavy (non-hydrogen) atoms. The molecule has 0 unspecified atom stereocenters. The fourth-order valence-electron chi connectivity index (χ4n) is 2.31. The number of hydrogen-bond acceptors (Lipinski definition) is 2. The molecule has 1 aliphatic heterocycles. The van der Waals surface area contributed by atoms with Gasteiger partial charge in [-0.3, -0.25) is 4.79 Å². The van der Waals surface area contributed by atoms with Gasteiger partial charge in [-0.25, -0.2) is 4.39 Å². The Kier molecular flexibility index (Phi) is 5.57. The average molecular weight is 376 g/mol. The summed E-state index contributed by atoms with van der Waals surface area (Å²) in [6.07, 6.45) is 3.78. The third-order valence-electron chi connectivity index (χ3n) is 3.44. The smallest absolute Gasteiger partial charge is 0.224 e. The maximum absolute atomic E-state index is 13.0. The first-order valence-corrected chi connectivity index (χ1v) is 7.68. The van der Waals surface area contributed by atoms with Crippen LogP contribution in [0.4, 0.5) is 10.1 Å². The van der Waals surface area contributed by atoms with Crippen molar-refractivity contribution < 1.29 is 9.18 Å². The highest BCUT2D eigenvalue weighted by Crippen LogP contribution is 2.21. The van der Waals surface area contributed by atoms with Crippen LogP contribution in [0.2, 0.25) is 0 Å². The summed E-state index contributed by atoms with van der Waals surface area (Å²) in [6, 6.07) is 4.40. The van der Waals surface area contributed by atoms with E-state index in [1.165, 1.54) is 12.1 Å². The first kappa shape index (κ1) is 14.7. The van der Waals surface area contributed by atoms with Crippen LogP contribution in [0, 0.1) is 15.3 Å². The zero-order valence-electron chi connectivity index (χ0n) is 10.7. The van der Waals surface area contributed by atoms with Crippen molar-refractivity contribution in [3.63, 3.8) is 0 Å². The molecule has 1 saturated heterocycles. The van der Waals surface area contributed by atoms with Crippen molar-refractivity contribution in [3.05, 3.63) is 27.6 Å². The van der Waals surface area contributed by atoms with Crippen LogP contribution in [0.5, 0.6) is 0 Å². The fourth-order valence-corrected chi connectivity index (χ4v) is 2.92. The van der Waals surface area contributed by atoms with Crippen LogP contribution in [0.3, 0.4) is 0 Å². The number of rotatable bonds is 4. The van der Waals surface area contributed by atoms with Crippen LogP contribution in [0.15, 0.2) is 18.2 Å². The Hall–Kier alpha value is -0.690. The van der Waals surface area contributed by atoms with E-state index in [0.717, 1.165) is 35.9 Å². The Bertz CT molecular complexity index is 447. The lowest BCUT2D eigenvalue weighted by Crippen LogP contribution is -2.28. The highest BCUT2D eigenvalue weighted by Gasteiger charge is 2.15. The number of piperidine rings is 1. The molecule has 0 aliphatic carbocycles. The van der Waals surface area contributed by atoms with Gasteiger partial charge in [0.15, 0.2) is 0 Å². The normalized spacial score (nSPS) is 16.3. The summed E-state index contributed by atoms with van der Waals surface area (Å²) in [7, 11) is 0. The molecule has 0 saturated carbocycles. The van der Waals surface area contributed by atoms with E-state index >= 15 is 0 Å². The van der Waals surface area contributed by atoms with Crippen molar-refractivity contribution in [2.75, 3.05) is 18.4 Å². The first-order chi connectivity index (χ1) is 9.15. The lowest BCUT2D eigenvalue weighted by molar-refractivity contribution is -0.116. The third kappa shape index (κ3) is 4.72. The van der Waals surface area contributed by atoms with Crippen molar-refractivity contribution in [2.45, 2.75) is 25.7 Å². The minimum atomic E-state index is -0.280. The number of nitrogens with one attached hydrogen (secondary N) is 2. The lowest BCUT2D eigenvalue weighted by Gasteiger charge is -2.22. The molecular formula is C14H18FIN2O. The molecule has 1 aliphatic rings. The summed E-state index contributed by atoms with van der Waals surface area (Å²) in [5.74, 6) is 0.388. The molecule has 5 heteroatoms. The summed E-state index contributed by atoms with van der Waals surface area (Å²) in [6.45, 7) is 2.12. The number of benzene rings is 1. The molecule has 1 heterocycles. The third-order valence-corrected chi connectivity index (χ3v) is 4.34. The van der Waals surface area contributed by atoms with E-state index in [1.54, 1.807) is 6.07 Å². The number of anilines is 1. The Morgan fingerprint density at radius 1 is 1.42 bits per heavy atom. The van der Waals surface area contributed by atoms with Gasteiger partial charge in [0, 0.05) is 9.99 Å². The van der Waals surface area contributed by atoms with Crippen molar-refractivity contribution in [3.8, 4) is 0 Å². The number of hydrogen-bond donors (Lipinski definition) is 2. The molecule has 3 nitrogen and oxygen atoms in total. The van der Waals surface area contributed by atoms with Crippen molar-refractivity contribution >= 4 is 34.2 Å².